The molecule has 4 nitrogen and oxygen atoms in total. The lowest BCUT2D eigenvalue weighted by Crippen LogP contribution is -2.20. The number of carbonyl (C=O) groups excluding carboxylic acids is 1. The van der Waals surface area contributed by atoms with Crippen molar-refractivity contribution in [1.82, 2.24) is 5.32 Å². The summed E-state index contributed by atoms with van der Waals surface area (Å²) in [7, 11) is 1.76. The zero-order valence-electron chi connectivity index (χ0n) is 14.5. The van der Waals surface area contributed by atoms with Gasteiger partial charge in [0.15, 0.2) is 5.78 Å². The van der Waals surface area contributed by atoms with Gasteiger partial charge in [-0.3, -0.25) is 4.79 Å². The number of benzene rings is 3. The summed E-state index contributed by atoms with van der Waals surface area (Å²) >= 11 is 0. The molecule has 1 unspecified atom stereocenters. The van der Waals surface area contributed by atoms with Gasteiger partial charge in [0.2, 0.25) is 0 Å². The van der Waals surface area contributed by atoms with Gasteiger partial charge < -0.3 is 15.5 Å². The highest BCUT2D eigenvalue weighted by Crippen LogP contribution is 2.37. The Kier molecular flexibility index (Phi) is 5.34. The molecule has 3 aromatic rings. The van der Waals surface area contributed by atoms with Gasteiger partial charge in [0, 0.05) is 11.6 Å². The third-order valence-corrected chi connectivity index (χ3v) is 4.45. The van der Waals surface area contributed by atoms with E-state index in [1.807, 2.05) is 36.4 Å². The van der Waals surface area contributed by atoms with Crippen LogP contribution in [0.5, 0.6) is 11.5 Å². The standard InChI is InChI=1S/C22H21NO3/c1-23-18(14-15-8-4-2-5-9-15)20-19(24)13-12-17(22(20)26)21(25)16-10-6-3-7-11-16/h2-13,18,23-24,26H,14H2,1H3. The van der Waals surface area contributed by atoms with E-state index < -0.39 is 0 Å². The number of aromatic hydroxyl groups is 2. The predicted molar refractivity (Wildman–Crippen MR) is 102 cm³/mol. The maximum atomic E-state index is 12.7. The fourth-order valence-electron chi connectivity index (χ4n) is 3.07. The van der Waals surface area contributed by atoms with Crippen molar-refractivity contribution in [2.24, 2.45) is 0 Å². The molecule has 0 radical (unpaired) electrons. The van der Waals surface area contributed by atoms with E-state index in [1.54, 1.807) is 31.3 Å². The van der Waals surface area contributed by atoms with Crippen LogP contribution in [0.15, 0.2) is 72.8 Å². The second-order valence-corrected chi connectivity index (χ2v) is 6.12. The number of ketones is 1. The minimum absolute atomic E-state index is 0.0395. The monoisotopic (exact) mass is 347 g/mol. The van der Waals surface area contributed by atoms with Gasteiger partial charge in [-0.2, -0.15) is 0 Å². The first-order valence-electron chi connectivity index (χ1n) is 8.47. The van der Waals surface area contributed by atoms with E-state index in [1.165, 1.54) is 12.1 Å². The summed E-state index contributed by atoms with van der Waals surface area (Å²) in [6, 6.07) is 21.2. The molecule has 0 heterocycles. The van der Waals surface area contributed by atoms with Crippen molar-refractivity contribution in [1.29, 1.82) is 0 Å². The quantitative estimate of drug-likeness (QED) is 0.593. The maximum absolute atomic E-state index is 12.7. The Labute approximate surface area is 152 Å². The molecule has 0 aliphatic rings. The van der Waals surface area contributed by atoms with Crippen LogP contribution in [0.25, 0.3) is 0 Å². The Hall–Kier alpha value is -3.11. The van der Waals surface area contributed by atoms with Gasteiger partial charge in [-0.25, -0.2) is 0 Å². The molecule has 0 bridgehead atoms. The van der Waals surface area contributed by atoms with Crippen LogP contribution in [-0.4, -0.2) is 23.0 Å². The average Bonchev–Trinajstić information content (AvgIpc) is 2.68. The molecule has 0 fully saturated rings. The second-order valence-electron chi connectivity index (χ2n) is 6.12. The second kappa shape index (κ2) is 7.85. The van der Waals surface area contributed by atoms with E-state index in [4.69, 9.17) is 0 Å². The topological polar surface area (TPSA) is 69.6 Å². The van der Waals surface area contributed by atoms with Crippen LogP contribution >= 0.6 is 0 Å². The van der Waals surface area contributed by atoms with E-state index in [-0.39, 0.29) is 28.9 Å². The Morgan fingerprint density at radius 1 is 0.923 bits per heavy atom. The van der Waals surface area contributed by atoms with E-state index in [2.05, 4.69) is 5.32 Å². The van der Waals surface area contributed by atoms with E-state index in [9.17, 15) is 15.0 Å². The molecule has 0 aliphatic heterocycles. The van der Waals surface area contributed by atoms with Gasteiger partial charge in [0.1, 0.15) is 11.5 Å². The molecule has 0 aromatic heterocycles. The molecule has 0 saturated carbocycles. The van der Waals surface area contributed by atoms with E-state index in [0.717, 1.165) is 5.56 Å². The molecule has 26 heavy (non-hydrogen) atoms. The summed E-state index contributed by atoms with van der Waals surface area (Å²) < 4.78 is 0. The Morgan fingerprint density at radius 3 is 2.15 bits per heavy atom. The molecule has 3 aromatic carbocycles. The number of likely N-dealkylation sites (N-methyl/N-ethyl adjacent to an activating group) is 1. The van der Waals surface area contributed by atoms with Crippen molar-refractivity contribution in [3.8, 4) is 11.5 Å². The highest BCUT2D eigenvalue weighted by molar-refractivity contribution is 6.11. The van der Waals surface area contributed by atoms with Crippen molar-refractivity contribution in [3.05, 3.63) is 95.1 Å². The number of phenolic OH excluding ortho intramolecular Hbond substituents is 2. The summed E-state index contributed by atoms with van der Waals surface area (Å²) in [5.74, 6) is -0.504. The van der Waals surface area contributed by atoms with Crippen molar-refractivity contribution in [2.45, 2.75) is 12.5 Å². The van der Waals surface area contributed by atoms with Crippen LogP contribution in [-0.2, 0) is 6.42 Å². The van der Waals surface area contributed by atoms with Gasteiger partial charge in [-0.05, 0) is 31.2 Å². The molecule has 4 heteroatoms. The molecule has 3 N–H and O–H groups in total. The number of nitrogens with one attached hydrogen (secondary N) is 1. The summed E-state index contributed by atoms with van der Waals surface area (Å²) in [6.45, 7) is 0. The molecule has 3 rings (SSSR count). The molecule has 1 atom stereocenters. The van der Waals surface area contributed by atoms with Gasteiger partial charge in [-0.15, -0.1) is 0 Å². The normalized spacial score (nSPS) is 11.9. The first-order chi connectivity index (χ1) is 12.6. The first-order valence-corrected chi connectivity index (χ1v) is 8.47. The Bertz CT molecular complexity index is 892. The molecule has 132 valence electrons. The number of phenols is 2. The number of carbonyl (C=O) groups is 1. The van der Waals surface area contributed by atoms with Crippen molar-refractivity contribution in [2.75, 3.05) is 7.05 Å². The smallest absolute Gasteiger partial charge is 0.196 e. The summed E-state index contributed by atoms with van der Waals surface area (Å²) in [5, 5.41) is 24.2. The zero-order valence-corrected chi connectivity index (χ0v) is 14.5. The van der Waals surface area contributed by atoms with Gasteiger partial charge >= 0.3 is 0 Å². The first kappa shape index (κ1) is 17.7. The molecule has 0 amide bonds. The summed E-state index contributed by atoms with van der Waals surface area (Å²) in [6.07, 6.45) is 0.571. The SMILES string of the molecule is CNC(Cc1ccccc1)c1c(O)ccc(C(=O)c2ccccc2)c1O. The van der Waals surface area contributed by atoms with Crippen LogP contribution in [0.3, 0.4) is 0 Å². The van der Waals surface area contributed by atoms with Gasteiger partial charge in [0.05, 0.1) is 11.1 Å². The Balaban J connectivity index is 2.00. The largest absolute Gasteiger partial charge is 0.507 e. The van der Waals surface area contributed by atoms with Crippen LogP contribution < -0.4 is 5.32 Å². The summed E-state index contributed by atoms with van der Waals surface area (Å²) in [5.41, 5.74) is 2.06. The molecular weight excluding hydrogens is 326 g/mol. The van der Waals surface area contributed by atoms with Crippen molar-refractivity contribution in [3.63, 3.8) is 0 Å². The predicted octanol–water partition coefficient (Wildman–Crippen LogP) is 3.83. The number of rotatable bonds is 6. The van der Waals surface area contributed by atoms with E-state index in [0.29, 0.717) is 17.5 Å². The molecule has 0 spiro atoms. The van der Waals surface area contributed by atoms with Crippen LogP contribution in [0.2, 0.25) is 0 Å². The molecular formula is C22H21NO3. The maximum Gasteiger partial charge on any atom is 0.196 e. The van der Waals surface area contributed by atoms with Gasteiger partial charge in [0.25, 0.3) is 0 Å². The van der Waals surface area contributed by atoms with Crippen molar-refractivity contribution < 1.29 is 15.0 Å². The lowest BCUT2D eigenvalue weighted by atomic mass is 9.93. The zero-order chi connectivity index (χ0) is 18.5. The molecule has 0 aliphatic carbocycles. The Morgan fingerprint density at radius 2 is 1.54 bits per heavy atom. The fraction of sp³-hybridized carbons (Fsp3) is 0.136. The average molecular weight is 347 g/mol. The minimum Gasteiger partial charge on any atom is -0.507 e. The highest BCUT2D eigenvalue weighted by atomic mass is 16.3. The van der Waals surface area contributed by atoms with Crippen LogP contribution in [0, 0.1) is 0 Å². The highest BCUT2D eigenvalue weighted by Gasteiger charge is 2.24. The van der Waals surface area contributed by atoms with Crippen molar-refractivity contribution >= 4 is 5.78 Å². The summed E-state index contributed by atoms with van der Waals surface area (Å²) in [4.78, 5) is 12.7. The minimum atomic E-state index is -0.332. The van der Waals surface area contributed by atoms with Crippen LogP contribution in [0.4, 0.5) is 0 Å². The lowest BCUT2D eigenvalue weighted by molar-refractivity contribution is 0.103. The van der Waals surface area contributed by atoms with E-state index >= 15 is 0 Å². The number of hydrogen-bond donors (Lipinski definition) is 3. The van der Waals surface area contributed by atoms with Gasteiger partial charge in [-0.1, -0.05) is 60.7 Å². The number of hydrogen-bond acceptors (Lipinski definition) is 4. The molecule has 0 saturated heterocycles. The lowest BCUT2D eigenvalue weighted by Gasteiger charge is -2.20. The third kappa shape index (κ3) is 3.60. The fourth-order valence-corrected chi connectivity index (χ4v) is 3.07. The third-order valence-electron chi connectivity index (χ3n) is 4.45. The van der Waals surface area contributed by atoms with Crippen LogP contribution in [0.1, 0.15) is 33.1 Å².